The normalized spacial score (nSPS) is 35.7. The summed E-state index contributed by atoms with van der Waals surface area (Å²) in [4.78, 5) is 0. The average Bonchev–Trinajstić information content (AvgIpc) is 2.90. The second-order valence-electron chi connectivity index (χ2n) is 13.5. The molecule has 2 fully saturated rings. The number of hydrogen-bond acceptors (Lipinski definition) is 3. The van der Waals surface area contributed by atoms with E-state index in [0.717, 1.165) is 54.1 Å². The molecule has 1 aromatic carbocycles. The Morgan fingerprint density at radius 2 is 1.81 bits per heavy atom. The summed E-state index contributed by atoms with van der Waals surface area (Å²) in [5, 5.41) is 0. The summed E-state index contributed by atoms with van der Waals surface area (Å²) >= 11 is 0. The minimum Gasteiger partial charge on any atom is -0.488 e. The molecule has 0 amide bonds. The van der Waals surface area contributed by atoms with Crippen LogP contribution in [0.2, 0.25) is 0 Å². The predicted molar refractivity (Wildman–Crippen MR) is 155 cm³/mol. The number of allylic oxidation sites excluding steroid dienone is 2. The first-order chi connectivity index (χ1) is 17.2. The summed E-state index contributed by atoms with van der Waals surface area (Å²) in [7, 11) is 0. The molecular weight excluding hydrogens is 440 g/mol. The largest absolute Gasteiger partial charge is 0.488 e. The van der Waals surface area contributed by atoms with E-state index in [4.69, 9.17) is 16.2 Å². The van der Waals surface area contributed by atoms with Gasteiger partial charge < -0.3 is 16.2 Å². The van der Waals surface area contributed by atoms with Gasteiger partial charge in [0, 0.05) is 5.69 Å². The quantitative estimate of drug-likeness (QED) is 0.294. The lowest BCUT2D eigenvalue weighted by molar-refractivity contribution is -0.0248. The Balaban J connectivity index is 1.41. The van der Waals surface area contributed by atoms with Gasteiger partial charge in [-0.15, -0.1) is 0 Å². The van der Waals surface area contributed by atoms with Gasteiger partial charge in [0.1, 0.15) is 5.75 Å². The highest BCUT2D eigenvalue weighted by Crippen LogP contribution is 2.57. The Morgan fingerprint density at radius 1 is 1.00 bits per heavy atom. The van der Waals surface area contributed by atoms with E-state index in [1.807, 2.05) is 18.2 Å². The molecule has 1 aromatic rings. The molecule has 0 saturated heterocycles. The van der Waals surface area contributed by atoms with Crippen molar-refractivity contribution in [2.75, 3.05) is 11.5 Å². The molecule has 0 heterocycles. The molecule has 4 N–H and O–H groups in total. The fourth-order valence-corrected chi connectivity index (χ4v) is 8.06. The summed E-state index contributed by atoms with van der Waals surface area (Å²) in [6.07, 6.45) is 20.2. The van der Waals surface area contributed by atoms with Crippen molar-refractivity contribution in [1.82, 2.24) is 0 Å². The van der Waals surface area contributed by atoms with Crippen LogP contribution in [0.4, 0.5) is 11.4 Å². The third-order valence-corrected chi connectivity index (χ3v) is 10.6. The van der Waals surface area contributed by atoms with E-state index in [0.29, 0.717) is 22.7 Å². The molecule has 3 aliphatic rings. The molecule has 0 spiro atoms. The van der Waals surface area contributed by atoms with Gasteiger partial charge in [0.05, 0.1) is 11.8 Å². The van der Waals surface area contributed by atoms with Crippen LogP contribution in [-0.2, 0) is 0 Å². The maximum Gasteiger partial charge on any atom is 0.142 e. The number of nitrogen functional groups attached to an aromatic ring is 2. The van der Waals surface area contributed by atoms with Gasteiger partial charge in [0.2, 0.25) is 0 Å². The first-order valence-corrected chi connectivity index (χ1v) is 15.2. The number of fused-ring (bicyclic) bond motifs is 3. The lowest BCUT2D eigenvalue weighted by Gasteiger charge is -2.53. The Kier molecular flexibility index (Phi) is 9.00. The lowest BCUT2D eigenvalue weighted by atomic mass is 9.52. The van der Waals surface area contributed by atoms with E-state index in [2.05, 4.69) is 46.8 Å². The molecule has 3 aliphatic carbocycles. The Labute approximate surface area is 221 Å². The number of benzene rings is 1. The second-order valence-corrected chi connectivity index (χ2v) is 13.5. The molecule has 0 aliphatic heterocycles. The van der Waals surface area contributed by atoms with Crippen LogP contribution >= 0.6 is 0 Å². The van der Waals surface area contributed by atoms with E-state index in [1.54, 1.807) is 0 Å². The van der Waals surface area contributed by atoms with Gasteiger partial charge in [-0.25, -0.2) is 0 Å². The second kappa shape index (κ2) is 11.8. The molecule has 3 heteroatoms. The molecule has 2 saturated carbocycles. The van der Waals surface area contributed by atoms with Crippen molar-refractivity contribution in [3.8, 4) is 5.75 Å². The van der Waals surface area contributed by atoms with Crippen molar-refractivity contribution in [3.05, 3.63) is 30.4 Å². The van der Waals surface area contributed by atoms with Crippen molar-refractivity contribution in [2.24, 2.45) is 46.8 Å². The molecule has 0 aromatic heterocycles. The number of nitrogens with two attached hydrogens (primary N) is 2. The fourth-order valence-electron chi connectivity index (χ4n) is 8.06. The maximum atomic E-state index is 6.43. The molecule has 3 nitrogen and oxygen atoms in total. The van der Waals surface area contributed by atoms with E-state index in [9.17, 15) is 0 Å². The lowest BCUT2D eigenvalue weighted by Crippen LogP contribution is -2.47. The Morgan fingerprint density at radius 3 is 2.56 bits per heavy atom. The summed E-state index contributed by atoms with van der Waals surface area (Å²) < 4.78 is 6.43. The highest BCUT2D eigenvalue weighted by Gasteiger charge is 2.50. The maximum absolute atomic E-state index is 6.43. The van der Waals surface area contributed by atoms with Crippen LogP contribution < -0.4 is 16.2 Å². The van der Waals surface area contributed by atoms with E-state index in [1.165, 1.54) is 57.8 Å². The smallest absolute Gasteiger partial charge is 0.142 e. The number of ether oxygens (including phenoxy) is 1. The first kappa shape index (κ1) is 27.4. The molecule has 8 atom stereocenters. The first-order valence-electron chi connectivity index (χ1n) is 15.2. The fraction of sp³-hybridized carbons (Fsp3) is 0.758. The zero-order valence-corrected chi connectivity index (χ0v) is 23.8. The predicted octanol–water partition coefficient (Wildman–Crippen LogP) is 8.89. The minimum absolute atomic E-state index is 0.236. The standard InChI is InChI=1S/C33H54N2O/c1-22(2)8-6-9-23(3)25-10-7-11-30-29(24(4)12-13-25)16-14-26-20-28(18-19-33(26,30)5)36-32-17-15-27(34)21-31(32)35/h14-17,21-26,28-30H,6-13,18-20,34-35H2,1-5H3/t23?,24?,25?,26-,28-,29?,30?,33?/m1/s1. The van der Waals surface area contributed by atoms with Crippen LogP contribution in [0.3, 0.4) is 0 Å². The average molecular weight is 495 g/mol. The van der Waals surface area contributed by atoms with Gasteiger partial charge in [-0.1, -0.05) is 78.9 Å². The van der Waals surface area contributed by atoms with Crippen LogP contribution in [0, 0.1) is 46.8 Å². The SMILES string of the molecule is CC(C)CCCC(C)C1CCCC2C(C=C[C@@H]3C[C@H](Oc4ccc(N)cc4N)CCC23C)C(C)CC1. The van der Waals surface area contributed by atoms with E-state index in [-0.39, 0.29) is 6.10 Å². The molecule has 0 radical (unpaired) electrons. The van der Waals surface area contributed by atoms with Crippen molar-refractivity contribution < 1.29 is 4.74 Å². The highest BCUT2D eigenvalue weighted by atomic mass is 16.5. The van der Waals surface area contributed by atoms with Gasteiger partial charge in [0.25, 0.3) is 0 Å². The number of rotatable bonds is 7. The van der Waals surface area contributed by atoms with Gasteiger partial charge in [-0.2, -0.15) is 0 Å². The van der Waals surface area contributed by atoms with Gasteiger partial charge in [-0.05, 0) is 104 Å². The topological polar surface area (TPSA) is 61.3 Å². The van der Waals surface area contributed by atoms with Gasteiger partial charge >= 0.3 is 0 Å². The number of anilines is 2. The van der Waals surface area contributed by atoms with Crippen molar-refractivity contribution >= 4 is 11.4 Å². The molecular formula is C33H54N2O. The van der Waals surface area contributed by atoms with Crippen molar-refractivity contribution in [2.45, 2.75) is 111 Å². The third kappa shape index (κ3) is 6.25. The van der Waals surface area contributed by atoms with Crippen molar-refractivity contribution in [1.29, 1.82) is 0 Å². The minimum atomic E-state index is 0.236. The van der Waals surface area contributed by atoms with E-state index < -0.39 is 0 Å². The third-order valence-electron chi connectivity index (χ3n) is 10.6. The molecule has 0 bridgehead atoms. The molecule has 202 valence electrons. The summed E-state index contributed by atoms with van der Waals surface area (Å²) in [5.74, 6) is 6.37. The molecule has 6 unspecified atom stereocenters. The van der Waals surface area contributed by atoms with Crippen molar-refractivity contribution in [3.63, 3.8) is 0 Å². The molecule has 36 heavy (non-hydrogen) atoms. The van der Waals surface area contributed by atoms with Crippen LogP contribution in [0.5, 0.6) is 5.75 Å². The van der Waals surface area contributed by atoms with Gasteiger partial charge in [-0.3, -0.25) is 0 Å². The molecule has 4 rings (SSSR count). The zero-order chi connectivity index (χ0) is 25.9. The monoisotopic (exact) mass is 494 g/mol. The summed E-state index contributed by atoms with van der Waals surface area (Å²) in [5.41, 5.74) is 13.8. The highest BCUT2D eigenvalue weighted by molar-refractivity contribution is 5.60. The summed E-state index contributed by atoms with van der Waals surface area (Å²) in [6.45, 7) is 12.4. The van der Waals surface area contributed by atoms with Crippen LogP contribution in [0.25, 0.3) is 0 Å². The van der Waals surface area contributed by atoms with Crippen LogP contribution in [0.15, 0.2) is 30.4 Å². The zero-order valence-electron chi connectivity index (χ0n) is 23.8. The summed E-state index contributed by atoms with van der Waals surface area (Å²) in [6, 6.07) is 5.64. The Hall–Kier alpha value is -1.64. The van der Waals surface area contributed by atoms with Gasteiger partial charge in [0.15, 0.2) is 0 Å². The van der Waals surface area contributed by atoms with Crippen LogP contribution in [0.1, 0.15) is 105 Å². The number of hydrogen-bond donors (Lipinski definition) is 2. The van der Waals surface area contributed by atoms with Crippen LogP contribution in [-0.4, -0.2) is 6.10 Å². The van der Waals surface area contributed by atoms with E-state index >= 15 is 0 Å². The Bertz CT molecular complexity index is 878.